The number of esters is 1. The molecule has 1 saturated heterocycles. The molecule has 5 nitrogen and oxygen atoms in total. The van der Waals surface area contributed by atoms with Crippen LogP contribution >= 0.6 is 0 Å². The molecule has 19 heavy (non-hydrogen) atoms. The molecule has 1 heterocycles. The zero-order valence-electron chi connectivity index (χ0n) is 11.1. The van der Waals surface area contributed by atoms with Crippen LogP contribution in [-0.4, -0.2) is 32.9 Å². The Labute approximate surface area is 112 Å². The maximum Gasteiger partial charge on any atom is 0.340 e. The number of nitrogen functional groups attached to an aromatic ring is 1. The topological polar surface area (TPSA) is 70.8 Å². The molecule has 1 unspecified atom stereocenters. The summed E-state index contributed by atoms with van der Waals surface area (Å²) in [5, 5.41) is 0. The summed E-state index contributed by atoms with van der Waals surface area (Å²) in [4.78, 5) is 11.7. The number of anilines is 1. The normalized spacial score (nSPS) is 18.5. The summed E-state index contributed by atoms with van der Waals surface area (Å²) >= 11 is 0. The van der Waals surface area contributed by atoms with Gasteiger partial charge in [0.2, 0.25) is 0 Å². The quantitative estimate of drug-likeness (QED) is 0.647. The number of carbonyl (C=O) groups excluding carboxylic acids is 1. The number of nitrogens with two attached hydrogens (primary N) is 1. The van der Waals surface area contributed by atoms with Crippen molar-refractivity contribution in [1.82, 2.24) is 0 Å². The molecule has 1 aliphatic heterocycles. The van der Waals surface area contributed by atoms with E-state index < -0.39 is 5.97 Å². The van der Waals surface area contributed by atoms with Gasteiger partial charge < -0.3 is 19.9 Å². The van der Waals surface area contributed by atoms with Crippen molar-refractivity contribution in [3.05, 3.63) is 29.3 Å². The summed E-state index contributed by atoms with van der Waals surface area (Å²) in [5.74, 6) is 0.0172. The molecule has 2 rings (SSSR count). The fraction of sp³-hybridized carbons (Fsp3) is 0.500. The monoisotopic (exact) mass is 265 g/mol. The van der Waals surface area contributed by atoms with E-state index in [9.17, 15) is 4.79 Å². The van der Waals surface area contributed by atoms with E-state index in [2.05, 4.69) is 0 Å². The summed E-state index contributed by atoms with van der Waals surface area (Å²) in [6.07, 6.45) is 1.03. The Morgan fingerprint density at radius 1 is 1.53 bits per heavy atom. The highest BCUT2D eigenvalue weighted by Gasteiger charge is 2.18. The first-order valence-corrected chi connectivity index (χ1v) is 6.33. The fourth-order valence-corrected chi connectivity index (χ4v) is 2.14. The van der Waals surface area contributed by atoms with E-state index in [1.54, 1.807) is 12.1 Å². The molecule has 104 valence electrons. The number of hydrogen-bond donors (Lipinski definition) is 1. The van der Waals surface area contributed by atoms with Crippen LogP contribution in [-0.2, 0) is 20.8 Å². The van der Waals surface area contributed by atoms with Crippen molar-refractivity contribution < 1.29 is 19.0 Å². The summed E-state index contributed by atoms with van der Waals surface area (Å²) < 4.78 is 15.7. The lowest BCUT2D eigenvalue weighted by Crippen LogP contribution is -2.13. The predicted octanol–water partition coefficient (Wildman–Crippen LogP) is 1.61. The number of carbonyl (C=O) groups is 1. The summed E-state index contributed by atoms with van der Waals surface area (Å²) in [6.45, 7) is 2.54. The molecule has 2 N–H and O–H groups in total. The lowest BCUT2D eigenvalue weighted by molar-refractivity contribution is 0.0582. The molecule has 0 saturated carbocycles. The molecule has 1 aromatic rings. The minimum atomic E-state index is -0.430. The van der Waals surface area contributed by atoms with Crippen molar-refractivity contribution in [1.29, 1.82) is 0 Å². The average molecular weight is 265 g/mol. The highest BCUT2D eigenvalue weighted by atomic mass is 16.5. The minimum absolute atomic E-state index is 0.353. The Kier molecular flexibility index (Phi) is 4.76. The van der Waals surface area contributed by atoms with E-state index in [0.717, 1.165) is 25.2 Å². The van der Waals surface area contributed by atoms with E-state index in [1.807, 2.05) is 6.07 Å². The van der Waals surface area contributed by atoms with Crippen molar-refractivity contribution in [2.75, 3.05) is 32.7 Å². The SMILES string of the molecule is COC(=O)c1c(N)cccc1COCC1CCOC1. The van der Waals surface area contributed by atoms with Crippen LogP contribution in [0.4, 0.5) is 5.69 Å². The van der Waals surface area contributed by atoms with E-state index in [1.165, 1.54) is 7.11 Å². The molecular formula is C14H19NO4. The van der Waals surface area contributed by atoms with Gasteiger partial charge in [-0.15, -0.1) is 0 Å². The van der Waals surface area contributed by atoms with Gasteiger partial charge in [0.05, 0.1) is 32.5 Å². The van der Waals surface area contributed by atoms with E-state index in [0.29, 0.717) is 30.4 Å². The molecule has 1 fully saturated rings. The molecule has 0 radical (unpaired) electrons. The largest absolute Gasteiger partial charge is 0.465 e. The molecule has 0 aliphatic carbocycles. The van der Waals surface area contributed by atoms with Crippen molar-refractivity contribution in [3.8, 4) is 0 Å². The van der Waals surface area contributed by atoms with Crippen LogP contribution in [0.25, 0.3) is 0 Å². The van der Waals surface area contributed by atoms with E-state index in [-0.39, 0.29) is 0 Å². The van der Waals surface area contributed by atoms with Gasteiger partial charge in [0.15, 0.2) is 0 Å². The Morgan fingerprint density at radius 3 is 3.05 bits per heavy atom. The first-order chi connectivity index (χ1) is 9.22. The molecule has 5 heteroatoms. The Bertz CT molecular complexity index is 441. The van der Waals surface area contributed by atoms with Gasteiger partial charge in [-0.05, 0) is 18.1 Å². The Hall–Kier alpha value is -1.59. The van der Waals surface area contributed by atoms with Crippen molar-refractivity contribution in [2.24, 2.45) is 5.92 Å². The van der Waals surface area contributed by atoms with Crippen LogP contribution in [0.3, 0.4) is 0 Å². The third-order valence-corrected chi connectivity index (χ3v) is 3.21. The number of rotatable bonds is 5. The first-order valence-electron chi connectivity index (χ1n) is 6.33. The average Bonchev–Trinajstić information content (AvgIpc) is 2.91. The smallest absolute Gasteiger partial charge is 0.340 e. The third kappa shape index (κ3) is 3.45. The van der Waals surface area contributed by atoms with Crippen molar-refractivity contribution in [3.63, 3.8) is 0 Å². The zero-order chi connectivity index (χ0) is 13.7. The van der Waals surface area contributed by atoms with E-state index in [4.69, 9.17) is 19.9 Å². The highest BCUT2D eigenvalue weighted by Crippen LogP contribution is 2.20. The molecule has 0 aromatic heterocycles. The number of methoxy groups -OCH3 is 1. The maximum absolute atomic E-state index is 11.7. The number of hydrogen-bond acceptors (Lipinski definition) is 5. The molecule has 1 aliphatic rings. The van der Waals surface area contributed by atoms with Crippen LogP contribution < -0.4 is 5.73 Å². The van der Waals surface area contributed by atoms with Gasteiger partial charge in [0, 0.05) is 18.2 Å². The second-order valence-electron chi connectivity index (χ2n) is 4.62. The lowest BCUT2D eigenvalue weighted by atomic mass is 10.1. The standard InChI is InChI=1S/C14H19NO4/c1-17-14(16)13-11(3-2-4-12(13)15)9-19-8-10-5-6-18-7-10/h2-4,10H,5-9,15H2,1H3. The lowest BCUT2D eigenvalue weighted by Gasteiger charge is -2.12. The van der Waals surface area contributed by atoms with Gasteiger partial charge in [-0.2, -0.15) is 0 Å². The van der Waals surface area contributed by atoms with Crippen LogP contribution in [0, 0.1) is 5.92 Å². The number of ether oxygens (including phenoxy) is 3. The summed E-state index contributed by atoms with van der Waals surface area (Å²) in [7, 11) is 1.34. The van der Waals surface area contributed by atoms with Gasteiger partial charge in [-0.25, -0.2) is 4.79 Å². The highest BCUT2D eigenvalue weighted by molar-refractivity contribution is 5.96. The second kappa shape index (κ2) is 6.54. The van der Waals surface area contributed by atoms with Crippen molar-refractivity contribution in [2.45, 2.75) is 13.0 Å². The molecule has 1 aromatic carbocycles. The summed E-state index contributed by atoms with van der Waals surface area (Å²) in [6, 6.07) is 5.31. The minimum Gasteiger partial charge on any atom is -0.465 e. The van der Waals surface area contributed by atoms with Crippen molar-refractivity contribution >= 4 is 11.7 Å². The van der Waals surface area contributed by atoms with Crippen LogP contribution in [0.2, 0.25) is 0 Å². The third-order valence-electron chi connectivity index (χ3n) is 3.21. The second-order valence-corrected chi connectivity index (χ2v) is 4.62. The summed E-state index contributed by atoms with van der Waals surface area (Å²) in [5.41, 5.74) is 7.38. The van der Waals surface area contributed by atoms with Gasteiger partial charge in [0.25, 0.3) is 0 Å². The van der Waals surface area contributed by atoms with Crippen LogP contribution in [0.15, 0.2) is 18.2 Å². The predicted molar refractivity (Wildman–Crippen MR) is 70.8 cm³/mol. The molecule has 0 spiro atoms. The zero-order valence-corrected chi connectivity index (χ0v) is 11.1. The van der Waals surface area contributed by atoms with Gasteiger partial charge >= 0.3 is 5.97 Å². The van der Waals surface area contributed by atoms with Gasteiger partial charge in [0.1, 0.15) is 0 Å². The molecule has 1 atom stereocenters. The number of benzene rings is 1. The first kappa shape index (κ1) is 13.8. The fourth-order valence-electron chi connectivity index (χ4n) is 2.14. The van der Waals surface area contributed by atoms with Gasteiger partial charge in [-0.1, -0.05) is 12.1 Å². The van der Waals surface area contributed by atoms with Gasteiger partial charge in [-0.3, -0.25) is 0 Å². The maximum atomic E-state index is 11.7. The Morgan fingerprint density at radius 2 is 2.37 bits per heavy atom. The van der Waals surface area contributed by atoms with Crippen LogP contribution in [0.1, 0.15) is 22.3 Å². The van der Waals surface area contributed by atoms with E-state index >= 15 is 0 Å². The molecular weight excluding hydrogens is 246 g/mol. The molecule has 0 amide bonds. The Balaban J connectivity index is 1.98. The van der Waals surface area contributed by atoms with Crippen LogP contribution in [0.5, 0.6) is 0 Å². The molecule has 0 bridgehead atoms.